The van der Waals surface area contributed by atoms with E-state index >= 15 is 0 Å². The normalized spacial score (nSPS) is 16.7. The topological polar surface area (TPSA) is 69.5 Å². The summed E-state index contributed by atoms with van der Waals surface area (Å²) in [4.78, 5) is 24.7. The van der Waals surface area contributed by atoms with Gasteiger partial charge < -0.3 is 14.3 Å². The Labute approximate surface area is 183 Å². The molecule has 32 heavy (non-hydrogen) atoms. The minimum atomic E-state index is -0.875. The number of anilines is 1. The first kappa shape index (κ1) is 21.4. The summed E-state index contributed by atoms with van der Waals surface area (Å²) in [6, 6.07) is 9.14. The van der Waals surface area contributed by atoms with Gasteiger partial charge in [-0.2, -0.15) is 5.26 Å². The van der Waals surface area contributed by atoms with Crippen LogP contribution in [0.3, 0.4) is 0 Å². The lowest BCUT2D eigenvalue weighted by Crippen LogP contribution is -2.52. The van der Waals surface area contributed by atoms with Gasteiger partial charge in [0.2, 0.25) is 5.52 Å². The summed E-state index contributed by atoms with van der Waals surface area (Å²) in [6.45, 7) is 11.3. The predicted molar refractivity (Wildman–Crippen MR) is 116 cm³/mol. The largest absolute Gasteiger partial charge is 0.364 e. The second-order valence-electron chi connectivity index (χ2n) is 7.86. The molecule has 3 aromatic rings. The van der Waals surface area contributed by atoms with Gasteiger partial charge in [-0.15, -0.1) is 4.98 Å². The van der Waals surface area contributed by atoms with E-state index in [1.165, 1.54) is 10.6 Å². The highest BCUT2D eigenvalue weighted by atomic mass is 19.2. The van der Waals surface area contributed by atoms with Crippen LogP contribution in [0.4, 0.5) is 20.3 Å². The maximum Gasteiger partial charge on any atom is 0.271 e. The lowest BCUT2D eigenvalue weighted by molar-refractivity contribution is 0.181. The first-order valence-corrected chi connectivity index (χ1v) is 10.1. The second kappa shape index (κ2) is 8.37. The second-order valence-corrected chi connectivity index (χ2v) is 7.86. The van der Waals surface area contributed by atoms with Gasteiger partial charge >= 0.3 is 0 Å². The van der Waals surface area contributed by atoms with E-state index in [4.69, 9.17) is 6.57 Å². The Morgan fingerprint density at radius 1 is 1.25 bits per heavy atom. The maximum atomic E-state index is 13.6. The monoisotopic (exact) mass is 434 g/mol. The molecular formula is C23H20F2N6O. The van der Waals surface area contributed by atoms with Crippen LogP contribution in [0.2, 0.25) is 0 Å². The van der Waals surface area contributed by atoms with Crippen LogP contribution in [0.15, 0.2) is 35.1 Å². The SMILES string of the molecule is [C-]#[N+]c1ccc2c(n1)c(N1CCN(Cc3ccc(F)c(F)c3)[C@H](C)C1)c(C#N)c(=O)n2C. The molecule has 1 saturated heterocycles. The lowest BCUT2D eigenvalue weighted by atomic mass is 10.1. The summed E-state index contributed by atoms with van der Waals surface area (Å²) in [7, 11) is 1.58. The molecular weight excluding hydrogens is 414 g/mol. The molecule has 4 rings (SSSR count). The van der Waals surface area contributed by atoms with Crippen LogP contribution in [0.1, 0.15) is 18.1 Å². The van der Waals surface area contributed by atoms with E-state index in [0.717, 1.165) is 6.07 Å². The maximum absolute atomic E-state index is 13.6. The molecule has 0 aliphatic carbocycles. The average Bonchev–Trinajstić information content (AvgIpc) is 2.79. The van der Waals surface area contributed by atoms with Crippen molar-refractivity contribution in [2.24, 2.45) is 7.05 Å². The van der Waals surface area contributed by atoms with Gasteiger partial charge in [-0.1, -0.05) is 12.6 Å². The van der Waals surface area contributed by atoms with Gasteiger partial charge in [-0.3, -0.25) is 9.69 Å². The molecule has 0 amide bonds. The highest BCUT2D eigenvalue weighted by Crippen LogP contribution is 2.31. The van der Waals surface area contributed by atoms with Crippen LogP contribution in [-0.2, 0) is 13.6 Å². The van der Waals surface area contributed by atoms with Crippen molar-refractivity contribution in [3.63, 3.8) is 0 Å². The van der Waals surface area contributed by atoms with Crippen LogP contribution in [0, 0.1) is 29.5 Å². The van der Waals surface area contributed by atoms with Crippen LogP contribution in [-0.4, -0.2) is 40.1 Å². The third-order valence-corrected chi connectivity index (χ3v) is 5.88. The fourth-order valence-electron chi connectivity index (χ4n) is 4.16. The molecule has 9 heteroatoms. The van der Waals surface area contributed by atoms with Crippen LogP contribution >= 0.6 is 0 Å². The zero-order chi connectivity index (χ0) is 23.0. The minimum Gasteiger partial charge on any atom is -0.364 e. The van der Waals surface area contributed by atoms with Crippen LogP contribution in [0.25, 0.3) is 15.9 Å². The van der Waals surface area contributed by atoms with Gasteiger partial charge in [0.25, 0.3) is 11.4 Å². The molecule has 0 radical (unpaired) electrons. The molecule has 0 spiro atoms. The third-order valence-electron chi connectivity index (χ3n) is 5.88. The number of hydrogen-bond acceptors (Lipinski definition) is 5. The van der Waals surface area contributed by atoms with Crippen molar-refractivity contribution in [1.82, 2.24) is 14.5 Å². The number of rotatable bonds is 3. The van der Waals surface area contributed by atoms with Crippen LogP contribution in [0.5, 0.6) is 0 Å². The van der Waals surface area contributed by atoms with Crippen molar-refractivity contribution in [3.8, 4) is 6.07 Å². The van der Waals surface area contributed by atoms with Crippen molar-refractivity contribution in [1.29, 1.82) is 5.26 Å². The van der Waals surface area contributed by atoms with E-state index in [1.54, 1.807) is 25.2 Å². The van der Waals surface area contributed by atoms with Gasteiger partial charge in [-0.25, -0.2) is 8.78 Å². The fourth-order valence-corrected chi connectivity index (χ4v) is 4.16. The molecule has 1 aromatic carbocycles. The minimum absolute atomic E-state index is 0.00381. The van der Waals surface area contributed by atoms with Gasteiger partial charge in [0.15, 0.2) is 11.6 Å². The van der Waals surface area contributed by atoms with E-state index in [2.05, 4.69) is 14.7 Å². The third kappa shape index (κ3) is 3.68. The summed E-state index contributed by atoms with van der Waals surface area (Å²) in [6.07, 6.45) is 0. The Bertz CT molecular complexity index is 1350. The molecule has 0 unspecified atom stereocenters. The number of nitriles is 1. The zero-order valence-corrected chi connectivity index (χ0v) is 17.6. The zero-order valence-electron chi connectivity index (χ0n) is 17.6. The number of aromatic nitrogens is 2. The highest BCUT2D eigenvalue weighted by Gasteiger charge is 2.30. The highest BCUT2D eigenvalue weighted by molar-refractivity contribution is 5.92. The van der Waals surface area contributed by atoms with Crippen molar-refractivity contribution in [2.45, 2.75) is 19.5 Å². The molecule has 0 saturated carbocycles. The van der Waals surface area contributed by atoms with E-state index in [9.17, 15) is 18.8 Å². The molecule has 2 aromatic heterocycles. The summed E-state index contributed by atoms with van der Waals surface area (Å²) in [5.74, 6) is -1.56. The Morgan fingerprint density at radius 2 is 2.03 bits per heavy atom. The van der Waals surface area contributed by atoms with Crippen LogP contribution < -0.4 is 10.5 Å². The summed E-state index contributed by atoms with van der Waals surface area (Å²) >= 11 is 0. The molecule has 0 N–H and O–H groups in total. The molecule has 3 heterocycles. The van der Waals surface area contributed by atoms with Gasteiger partial charge in [0, 0.05) is 39.3 Å². The van der Waals surface area contributed by atoms with Crippen molar-refractivity contribution in [2.75, 3.05) is 24.5 Å². The van der Waals surface area contributed by atoms with E-state index in [0.29, 0.717) is 48.5 Å². The molecule has 0 bridgehead atoms. The molecule has 7 nitrogen and oxygen atoms in total. The van der Waals surface area contributed by atoms with Gasteiger partial charge in [0.05, 0.1) is 5.52 Å². The van der Waals surface area contributed by atoms with Gasteiger partial charge in [-0.05, 0) is 36.8 Å². The molecule has 162 valence electrons. The molecule has 1 fully saturated rings. The van der Waals surface area contributed by atoms with Crippen molar-refractivity contribution < 1.29 is 8.78 Å². The Hall–Kier alpha value is -3.82. The number of benzene rings is 1. The number of hydrogen-bond donors (Lipinski definition) is 0. The first-order valence-electron chi connectivity index (χ1n) is 10.1. The Morgan fingerprint density at radius 3 is 2.69 bits per heavy atom. The fraction of sp³-hybridized carbons (Fsp3) is 0.304. The summed E-state index contributed by atoms with van der Waals surface area (Å²) in [5.41, 5.74) is 1.69. The number of aryl methyl sites for hydroxylation is 1. The smallest absolute Gasteiger partial charge is 0.271 e. The quantitative estimate of drug-likeness (QED) is 0.592. The summed E-state index contributed by atoms with van der Waals surface area (Å²) in [5, 5.41) is 9.75. The molecule has 1 aliphatic heterocycles. The van der Waals surface area contributed by atoms with E-state index in [1.807, 2.05) is 17.9 Å². The summed E-state index contributed by atoms with van der Waals surface area (Å²) < 4.78 is 28.2. The molecule has 1 atom stereocenters. The Kier molecular flexibility index (Phi) is 5.60. The molecule has 1 aliphatic rings. The standard InChI is InChI=1S/C23H20F2N6O/c1-14-12-31(9-8-30(14)13-15-4-5-17(24)18(25)10-15)22-16(11-26)23(32)29(3)19-6-7-20(27-2)28-21(19)22/h4-7,10,14H,8-9,12-13H2,1,3H3/t14-/m1/s1. The van der Waals surface area contributed by atoms with Gasteiger partial charge in [0.1, 0.15) is 17.3 Å². The van der Waals surface area contributed by atoms with Crippen molar-refractivity contribution >= 4 is 22.5 Å². The van der Waals surface area contributed by atoms with Crippen molar-refractivity contribution in [3.05, 3.63) is 74.9 Å². The Balaban J connectivity index is 1.69. The number of fused-ring (bicyclic) bond motifs is 1. The number of pyridine rings is 2. The first-order chi connectivity index (χ1) is 15.3. The predicted octanol–water partition coefficient (Wildman–Crippen LogP) is 3.34. The number of piperazine rings is 1. The van der Waals surface area contributed by atoms with E-state index < -0.39 is 17.2 Å². The van der Waals surface area contributed by atoms with E-state index in [-0.39, 0.29) is 17.4 Å². The average molecular weight is 434 g/mol. The number of nitrogens with zero attached hydrogens (tertiary/aromatic N) is 6. The lowest BCUT2D eigenvalue weighted by Gasteiger charge is -2.41. The number of halogens is 2.